The van der Waals surface area contributed by atoms with E-state index in [1.807, 2.05) is 23.1 Å². The van der Waals surface area contributed by atoms with Crippen LogP contribution in [0.4, 0.5) is 0 Å². The maximum absolute atomic E-state index is 4.18. The van der Waals surface area contributed by atoms with Crippen molar-refractivity contribution < 1.29 is 0 Å². The molecule has 0 amide bonds. The fraction of sp³-hybridized carbons (Fsp3) is 0.727. The molecule has 78 valence electrons. The number of rotatable bonds is 6. The van der Waals surface area contributed by atoms with E-state index in [1.165, 1.54) is 19.3 Å². The summed E-state index contributed by atoms with van der Waals surface area (Å²) in [6, 6.07) is 2.71. The predicted molar refractivity (Wildman–Crippen MR) is 57.0 cm³/mol. The third kappa shape index (κ3) is 2.58. The van der Waals surface area contributed by atoms with E-state index in [4.69, 9.17) is 0 Å². The van der Waals surface area contributed by atoms with Gasteiger partial charge in [0.25, 0.3) is 0 Å². The van der Waals surface area contributed by atoms with Gasteiger partial charge in [0.1, 0.15) is 0 Å². The normalized spacial score (nSPS) is 18.4. The van der Waals surface area contributed by atoms with E-state index in [9.17, 15) is 0 Å². The van der Waals surface area contributed by atoms with Crippen molar-refractivity contribution in [3.8, 4) is 0 Å². The minimum atomic E-state index is 0.741. The van der Waals surface area contributed by atoms with Gasteiger partial charge in [0.2, 0.25) is 0 Å². The Morgan fingerprint density at radius 2 is 2.43 bits per heavy atom. The molecular weight excluding hydrogens is 174 g/mol. The van der Waals surface area contributed by atoms with Gasteiger partial charge < -0.3 is 5.32 Å². The van der Waals surface area contributed by atoms with E-state index < -0.39 is 0 Å². The van der Waals surface area contributed by atoms with Crippen LogP contribution in [0.5, 0.6) is 0 Å². The lowest BCUT2D eigenvalue weighted by Gasteiger charge is -2.15. The van der Waals surface area contributed by atoms with Gasteiger partial charge in [-0.1, -0.05) is 6.92 Å². The van der Waals surface area contributed by atoms with E-state index in [-0.39, 0.29) is 0 Å². The van der Waals surface area contributed by atoms with Crippen molar-refractivity contribution in [2.75, 3.05) is 6.54 Å². The average molecular weight is 193 g/mol. The van der Waals surface area contributed by atoms with Crippen molar-refractivity contribution >= 4 is 0 Å². The highest BCUT2D eigenvalue weighted by molar-refractivity contribution is 4.85. The molecule has 0 spiro atoms. The van der Waals surface area contributed by atoms with Crippen molar-refractivity contribution in [2.24, 2.45) is 5.92 Å². The summed E-state index contributed by atoms with van der Waals surface area (Å²) >= 11 is 0. The lowest BCUT2D eigenvalue weighted by atomic mass is 10.1. The number of hydrogen-bond acceptors (Lipinski definition) is 2. The highest BCUT2D eigenvalue weighted by Gasteiger charge is 2.29. The van der Waals surface area contributed by atoms with Gasteiger partial charge in [-0.25, -0.2) is 0 Å². The summed E-state index contributed by atoms with van der Waals surface area (Å²) in [6.45, 7) is 4.29. The minimum Gasteiger partial charge on any atom is -0.312 e. The molecule has 1 aromatic rings. The molecule has 1 unspecified atom stereocenters. The summed E-state index contributed by atoms with van der Waals surface area (Å²) < 4.78 is 1.98. The molecule has 1 aromatic heterocycles. The monoisotopic (exact) mass is 193 g/mol. The van der Waals surface area contributed by atoms with Gasteiger partial charge in [-0.05, 0) is 31.2 Å². The zero-order chi connectivity index (χ0) is 9.80. The second-order valence-corrected chi connectivity index (χ2v) is 4.08. The first kappa shape index (κ1) is 9.71. The van der Waals surface area contributed by atoms with Crippen LogP contribution in [0.3, 0.4) is 0 Å². The maximum Gasteiger partial charge on any atom is 0.0534 e. The number of hydrogen-bond donors (Lipinski definition) is 1. The standard InChI is InChI=1S/C11H19N3/c1-2-11(10-4-5-10)12-7-9-14-8-3-6-13-14/h3,6,8,10-12H,2,4-5,7,9H2,1H3. The van der Waals surface area contributed by atoms with Crippen molar-refractivity contribution in [3.05, 3.63) is 18.5 Å². The molecule has 0 bridgehead atoms. The lowest BCUT2D eigenvalue weighted by Crippen LogP contribution is -2.33. The third-order valence-corrected chi connectivity index (χ3v) is 2.94. The Hall–Kier alpha value is -0.830. The molecule has 1 heterocycles. The van der Waals surface area contributed by atoms with Crippen molar-refractivity contribution in [3.63, 3.8) is 0 Å². The Bertz CT molecular complexity index is 252. The molecule has 1 saturated carbocycles. The highest BCUT2D eigenvalue weighted by Crippen LogP contribution is 2.33. The number of nitrogens with one attached hydrogen (secondary N) is 1. The Morgan fingerprint density at radius 1 is 1.57 bits per heavy atom. The van der Waals surface area contributed by atoms with Crippen LogP contribution in [0, 0.1) is 5.92 Å². The fourth-order valence-corrected chi connectivity index (χ4v) is 1.94. The summed E-state index contributed by atoms with van der Waals surface area (Å²) in [5.41, 5.74) is 0. The first-order valence-corrected chi connectivity index (χ1v) is 5.61. The van der Waals surface area contributed by atoms with Crippen LogP contribution in [-0.2, 0) is 6.54 Å². The molecule has 0 aromatic carbocycles. The summed E-state index contributed by atoms with van der Waals surface area (Å²) in [4.78, 5) is 0. The Labute approximate surface area is 85.5 Å². The summed E-state index contributed by atoms with van der Waals surface area (Å²) in [6.07, 6.45) is 7.95. The van der Waals surface area contributed by atoms with Crippen molar-refractivity contribution in [1.29, 1.82) is 0 Å². The molecule has 1 fully saturated rings. The summed E-state index contributed by atoms with van der Waals surface area (Å²) in [5.74, 6) is 0.956. The SMILES string of the molecule is CCC(NCCn1cccn1)C1CC1. The van der Waals surface area contributed by atoms with Crippen LogP contribution in [0.15, 0.2) is 18.5 Å². The smallest absolute Gasteiger partial charge is 0.0534 e. The van der Waals surface area contributed by atoms with E-state index in [2.05, 4.69) is 17.3 Å². The number of aromatic nitrogens is 2. The van der Waals surface area contributed by atoms with Gasteiger partial charge in [0.05, 0.1) is 6.54 Å². The molecule has 0 aliphatic heterocycles. The second-order valence-electron chi connectivity index (χ2n) is 4.08. The molecule has 1 aliphatic rings. The van der Waals surface area contributed by atoms with Crippen molar-refractivity contribution in [2.45, 2.75) is 38.8 Å². The second kappa shape index (κ2) is 4.60. The van der Waals surface area contributed by atoms with Gasteiger partial charge >= 0.3 is 0 Å². The fourth-order valence-electron chi connectivity index (χ4n) is 1.94. The molecule has 14 heavy (non-hydrogen) atoms. The van der Waals surface area contributed by atoms with Gasteiger partial charge in [-0.2, -0.15) is 5.10 Å². The van der Waals surface area contributed by atoms with Crippen LogP contribution in [0.25, 0.3) is 0 Å². The first-order valence-electron chi connectivity index (χ1n) is 5.61. The molecular formula is C11H19N3. The highest BCUT2D eigenvalue weighted by atomic mass is 15.3. The molecule has 0 radical (unpaired) electrons. The van der Waals surface area contributed by atoms with E-state index in [1.54, 1.807) is 0 Å². The molecule has 1 atom stereocenters. The Morgan fingerprint density at radius 3 is 3.00 bits per heavy atom. The maximum atomic E-state index is 4.18. The molecule has 3 nitrogen and oxygen atoms in total. The van der Waals surface area contributed by atoms with Crippen LogP contribution < -0.4 is 5.32 Å². The molecule has 0 saturated heterocycles. The summed E-state index contributed by atoms with van der Waals surface area (Å²) in [5, 5.41) is 7.78. The molecule has 1 aliphatic carbocycles. The predicted octanol–water partition coefficient (Wildman–Crippen LogP) is 1.66. The van der Waals surface area contributed by atoms with Gasteiger partial charge in [-0.3, -0.25) is 4.68 Å². The summed E-state index contributed by atoms with van der Waals surface area (Å²) in [7, 11) is 0. The van der Waals surface area contributed by atoms with Crippen molar-refractivity contribution in [1.82, 2.24) is 15.1 Å². The van der Waals surface area contributed by atoms with E-state index in [0.29, 0.717) is 0 Å². The third-order valence-electron chi connectivity index (χ3n) is 2.94. The Kier molecular flexibility index (Phi) is 3.19. The van der Waals surface area contributed by atoms with E-state index in [0.717, 1.165) is 25.0 Å². The molecule has 3 heteroatoms. The zero-order valence-corrected chi connectivity index (χ0v) is 8.82. The van der Waals surface area contributed by atoms with Crippen LogP contribution in [-0.4, -0.2) is 22.4 Å². The topological polar surface area (TPSA) is 29.9 Å². The quantitative estimate of drug-likeness (QED) is 0.744. The number of nitrogens with zero attached hydrogens (tertiary/aromatic N) is 2. The van der Waals surface area contributed by atoms with Gasteiger partial charge in [-0.15, -0.1) is 0 Å². The van der Waals surface area contributed by atoms with Crippen LogP contribution in [0.2, 0.25) is 0 Å². The zero-order valence-electron chi connectivity index (χ0n) is 8.82. The minimum absolute atomic E-state index is 0.741. The average Bonchev–Trinajstić information content (AvgIpc) is 2.91. The molecule has 1 N–H and O–H groups in total. The van der Waals surface area contributed by atoms with Crippen LogP contribution >= 0.6 is 0 Å². The van der Waals surface area contributed by atoms with Gasteiger partial charge in [0, 0.05) is 25.0 Å². The van der Waals surface area contributed by atoms with Gasteiger partial charge in [0.15, 0.2) is 0 Å². The lowest BCUT2D eigenvalue weighted by molar-refractivity contribution is 0.428. The van der Waals surface area contributed by atoms with Crippen LogP contribution in [0.1, 0.15) is 26.2 Å². The Balaban J connectivity index is 1.66. The largest absolute Gasteiger partial charge is 0.312 e. The molecule has 2 rings (SSSR count). The van der Waals surface area contributed by atoms with E-state index >= 15 is 0 Å². The first-order chi connectivity index (χ1) is 6.90.